The first kappa shape index (κ1) is 16.2. The van der Waals surface area contributed by atoms with Crippen molar-refractivity contribution in [1.82, 2.24) is 4.98 Å². The lowest BCUT2D eigenvalue weighted by Gasteiger charge is -2.22. The topological polar surface area (TPSA) is 76.3 Å². The van der Waals surface area contributed by atoms with Crippen molar-refractivity contribution in [3.05, 3.63) is 82.3 Å². The van der Waals surface area contributed by atoms with Crippen LogP contribution in [0.2, 0.25) is 0 Å². The van der Waals surface area contributed by atoms with Gasteiger partial charge in [-0.1, -0.05) is 11.8 Å². The highest BCUT2D eigenvalue weighted by Crippen LogP contribution is 2.44. The van der Waals surface area contributed by atoms with E-state index < -0.39 is 10.7 Å². The van der Waals surface area contributed by atoms with Crippen LogP contribution < -0.4 is 4.90 Å². The van der Waals surface area contributed by atoms with Crippen LogP contribution in [0.15, 0.2) is 70.7 Å². The predicted molar refractivity (Wildman–Crippen MR) is 94.3 cm³/mol. The zero-order valence-corrected chi connectivity index (χ0v) is 13.9. The fourth-order valence-corrected chi connectivity index (χ4v) is 3.73. The quantitative estimate of drug-likeness (QED) is 0.490. The number of non-ortho nitro benzene ring substituents is 1. The zero-order valence-electron chi connectivity index (χ0n) is 13.1. The van der Waals surface area contributed by atoms with Gasteiger partial charge in [0.15, 0.2) is 0 Å². The van der Waals surface area contributed by atoms with E-state index in [-0.39, 0.29) is 11.6 Å². The average Bonchev–Trinajstić information content (AvgIpc) is 2.76. The maximum Gasteiger partial charge on any atom is 0.270 e. The SMILES string of the molecule is O=C1c2cccnc2Sc2cc([N+](=O)[O-])ccc2N1c1ccc(F)cc1. The van der Waals surface area contributed by atoms with Crippen molar-refractivity contribution in [2.45, 2.75) is 9.92 Å². The summed E-state index contributed by atoms with van der Waals surface area (Å²) in [6.07, 6.45) is 1.56. The summed E-state index contributed by atoms with van der Waals surface area (Å²) in [7, 11) is 0. The monoisotopic (exact) mass is 367 g/mol. The van der Waals surface area contributed by atoms with Crippen molar-refractivity contribution in [3.63, 3.8) is 0 Å². The van der Waals surface area contributed by atoms with E-state index in [9.17, 15) is 19.3 Å². The Kier molecular flexibility index (Phi) is 3.89. The van der Waals surface area contributed by atoms with Gasteiger partial charge in [-0.05, 0) is 42.5 Å². The van der Waals surface area contributed by atoms with E-state index >= 15 is 0 Å². The first-order chi connectivity index (χ1) is 12.5. The highest BCUT2D eigenvalue weighted by molar-refractivity contribution is 7.99. The third-order valence-electron chi connectivity index (χ3n) is 3.89. The van der Waals surface area contributed by atoms with Crippen molar-refractivity contribution in [2.24, 2.45) is 0 Å². The van der Waals surface area contributed by atoms with E-state index in [4.69, 9.17) is 0 Å². The van der Waals surface area contributed by atoms with E-state index in [0.29, 0.717) is 26.9 Å². The van der Waals surface area contributed by atoms with Gasteiger partial charge in [0.05, 0.1) is 16.2 Å². The maximum atomic E-state index is 13.3. The second-order valence-corrected chi connectivity index (χ2v) is 6.51. The minimum absolute atomic E-state index is 0.0814. The Balaban J connectivity index is 1.96. The summed E-state index contributed by atoms with van der Waals surface area (Å²) < 4.78 is 13.3. The van der Waals surface area contributed by atoms with E-state index in [1.165, 1.54) is 59.1 Å². The number of carbonyl (C=O) groups excluding carboxylic acids is 1. The van der Waals surface area contributed by atoms with Gasteiger partial charge in [-0.25, -0.2) is 9.37 Å². The molecular formula is C18H10FN3O3S. The molecule has 0 fully saturated rings. The molecule has 0 bridgehead atoms. The van der Waals surface area contributed by atoms with Gasteiger partial charge < -0.3 is 0 Å². The van der Waals surface area contributed by atoms with Crippen LogP contribution in [0.3, 0.4) is 0 Å². The second kappa shape index (κ2) is 6.23. The van der Waals surface area contributed by atoms with Crippen LogP contribution in [0.5, 0.6) is 0 Å². The number of halogens is 1. The number of pyridine rings is 1. The van der Waals surface area contributed by atoms with Gasteiger partial charge in [-0.3, -0.25) is 19.8 Å². The number of nitro groups is 1. The summed E-state index contributed by atoms with van der Waals surface area (Å²) in [6.45, 7) is 0. The maximum absolute atomic E-state index is 13.3. The molecule has 128 valence electrons. The Morgan fingerprint density at radius 2 is 1.88 bits per heavy atom. The highest BCUT2D eigenvalue weighted by atomic mass is 32.2. The number of aromatic nitrogens is 1. The molecule has 1 amide bonds. The zero-order chi connectivity index (χ0) is 18.3. The number of rotatable bonds is 2. The van der Waals surface area contributed by atoms with Crippen LogP contribution in [0.25, 0.3) is 0 Å². The Morgan fingerprint density at radius 3 is 2.62 bits per heavy atom. The molecule has 1 aromatic heterocycles. The summed E-state index contributed by atoms with van der Waals surface area (Å²) in [5.74, 6) is -0.754. The molecule has 4 rings (SSSR count). The molecule has 1 aliphatic heterocycles. The summed E-state index contributed by atoms with van der Waals surface area (Å²) in [4.78, 5) is 30.0. The Labute approximate surface area is 151 Å². The lowest BCUT2D eigenvalue weighted by Crippen LogP contribution is -2.26. The number of hydrogen-bond donors (Lipinski definition) is 0. The molecule has 2 heterocycles. The molecule has 26 heavy (non-hydrogen) atoms. The van der Waals surface area contributed by atoms with E-state index in [1.807, 2.05) is 0 Å². The standard InChI is InChI=1S/C18H10FN3O3S/c19-11-3-5-12(6-4-11)21-15-8-7-13(22(24)25)10-16(15)26-17-14(18(21)23)2-1-9-20-17/h1-10H. The molecule has 3 aromatic rings. The normalized spacial score (nSPS) is 13.0. The van der Waals surface area contributed by atoms with Gasteiger partial charge in [0.2, 0.25) is 0 Å². The Morgan fingerprint density at radius 1 is 1.12 bits per heavy atom. The molecule has 0 saturated heterocycles. The van der Waals surface area contributed by atoms with E-state index in [1.54, 1.807) is 18.3 Å². The average molecular weight is 367 g/mol. The van der Waals surface area contributed by atoms with Crippen LogP contribution in [0, 0.1) is 15.9 Å². The third-order valence-corrected chi connectivity index (χ3v) is 4.96. The van der Waals surface area contributed by atoms with Crippen molar-refractivity contribution in [1.29, 1.82) is 0 Å². The van der Waals surface area contributed by atoms with E-state index in [0.717, 1.165) is 0 Å². The molecule has 2 aromatic carbocycles. The lowest BCUT2D eigenvalue weighted by molar-refractivity contribution is -0.385. The molecule has 6 nitrogen and oxygen atoms in total. The van der Waals surface area contributed by atoms with Gasteiger partial charge in [-0.2, -0.15) is 0 Å². The van der Waals surface area contributed by atoms with Crippen molar-refractivity contribution < 1.29 is 14.1 Å². The van der Waals surface area contributed by atoms with Gasteiger partial charge in [0, 0.05) is 28.9 Å². The number of carbonyl (C=O) groups is 1. The third kappa shape index (κ3) is 2.70. The van der Waals surface area contributed by atoms with Gasteiger partial charge in [-0.15, -0.1) is 0 Å². The van der Waals surface area contributed by atoms with Crippen molar-refractivity contribution >= 4 is 34.7 Å². The van der Waals surface area contributed by atoms with Gasteiger partial charge in [0.25, 0.3) is 11.6 Å². The minimum atomic E-state index is -0.491. The smallest absolute Gasteiger partial charge is 0.270 e. The van der Waals surface area contributed by atoms with Crippen molar-refractivity contribution in [3.8, 4) is 0 Å². The molecule has 0 N–H and O–H groups in total. The van der Waals surface area contributed by atoms with E-state index in [2.05, 4.69) is 4.98 Å². The van der Waals surface area contributed by atoms with Crippen LogP contribution in [0.4, 0.5) is 21.5 Å². The van der Waals surface area contributed by atoms with Gasteiger partial charge >= 0.3 is 0 Å². The molecule has 0 saturated carbocycles. The Bertz CT molecular complexity index is 1040. The molecule has 0 aliphatic carbocycles. The Hall–Kier alpha value is -3.26. The molecule has 0 radical (unpaired) electrons. The van der Waals surface area contributed by atoms with Crippen LogP contribution in [0.1, 0.15) is 10.4 Å². The number of benzene rings is 2. The molecule has 0 spiro atoms. The number of anilines is 2. The van der Waals surface area contributed by atoms with Crippen LogP contribution in [-0.4, -0.2) is 15.8 Å². The molecule has 8 heteroatoms. The molecule has 0 atom stereocenters. The predicted octanol–water partition coefficient (Wildman–Crippen LogP) is 4.57. The second-order valence-electron chi connectivity index (χ2n) is 5.48. The molecular weight excluding hydrogens is 357 g/mol. The van der Waals surface area contributed by atoms with Crippen LogP contribution in [-0.2, 0) is 0 Å². The largest absolute Gasteiger partial charge is 0.276 e. The fraction of sp³-hybridized carbons (Fsp3) is 0. The lowest BCUT2D eigenvalue weighted by atomic mass is 10.1. The molecule has 1 aliphatic rings. The number of nitro benzene ring substituents is 1. The summed E-state index contributed by atoms with van der Waals surface area (Å²) in [6, 6.07) is 13.1. The summed E-state index contributed by atoms with van der Waals surface area (Å²) in [5, 5.41) is 11.6. The van der Waals surface area contributed by atoms with Crippen molar-refractivity contribution in [2.75, 3.05) is 4.90 Å². The fourth-order valence-electron chi connectivity index (χ4n) is 2.70. The number of hydrogen-bond acceptors (Lipinski definition) is 5. The minimum Gasteiger partial charge on any atom is -0.276 e. The first-order valence-electron chi connectivity index (χ1n) is 7.56. The molecule has 0 unspecified atom stereocenters. The van der Waals surface area contributed by atoms with Crippen LogP contribution >= 0.6 is 11.8 Å². The summed E-state index contributed by atoms with van der Waals surface area (Å²) in [5.41, 5.74) is 1.24. The number of nitrogens with zero attached hydrogens (tertiary/aromatic N) is 3. The first-order valence-corrected chi connectivity index (χ1v) is 8.37. The van der Waals surface area contributed by atoms with Gasteiger partial charge in [0.1, 0.15) is 10.8 Å². The number of fused-ring (bicyclic) bond motifs is 2. The highest BCUT2D eigenvalue weighted by Gasteiger charge is 2.30. The number of amides is 1. The summed E-state index contributed by atoms with van der Waals surface area (Å²) >= 11 is 1.19.